The number of hydrazine groups is 1. The van der Waals surface area contributed by atoms with Crippen molar-refractivity contribution in [1.82, 2.24) is 15.0 Å². The Balaban J connectivity index is 2.15. The van der Waals surface area contributed by atoms with E-state index >= 15 is 0 Å². The lowest BCUT2D eigenvalue weighted by atomic mass is 10.1. The fourth-order valence-corrected chi connectivity index (χ4v) is 2.60. The second-order valence-electron chi connectivity index (χ2n) is 3.83. The van der Waals surface area contributed by atoms with Gasteiger partial charge in [-0.15, -0.1) is 11.3 Å². The third kappa shape index (κ3) is 2.32. The third-order valence-electron chi connectivity index (χ3n) is 2.61. The lowest BCUT2D eigenvalue weighted by Crippen LogP contribution is -2.29. The van der Waals surface area contributed by atoms with Gasteiger partial charge in [-0.3, -0.25) is 11.3 Å². The van der Waals surface area contributed by atoms with Crippen molar-refractivity contribution in [1.29, 1.82) is 0 Å². The van der Waals surface area contributed by atoms with Crippen molar-refractivity contribution in [2.75, 3.05) is 0 Å². The lowest BCUT2D eigenvalue weighted by molar-refractivity contribution is 0.538. The number of thiophene rings is 1. The summed E-state index contributed by atoms with van der Waals surface area (Å²) in [7, 11) is 2.00. The van der Waals surface area contributed by atoms with Crippen LogP contribution < -0.4 is 11.3 Å². The largest absolute Gasteiger partial charge is 0.338 e. The summed E-state index contributed by atoms with van der Waals surface area (Å²) in [6.07, 6.45) is 4.56. The highest BCUT2D eigenvalue weighted by Gasteiger charge is 2.14. The number of hydrogen-bond donors (Lipinski definition) is 2. The number of imidazole rings is 1. The van der Waals surface area contributed by atoms with Crippen molar-refractivity contribution in [3.05, 3.63) is 40.1 Å². The molecule has 2 heterocycles. The summed E-state index contributed by atoms with van der Waals surface area (Å²) in [4.78, 5) is 6.86. The zero-order valence-corrected chi connectivity index (χ0v) is 10.3. The van der Waals surface area contributed by atoms with Gasteiger partial charge in [-0.05, 0) is 19.1 Å². The van der Waals surface area contributed by atoms with E-state index in [1.165, 1.54) is 9.75 Å². The van der Waals surface area contributed by atoms with Crippen LogP contribution in [0.15, 0.2) is 24.5 Å². The van der Waals surface area contributed by atoms with Crippen LogP contribution in [0.2, 0.25) is 0 Å². The summed E-state index contributed by atoms with van der Waals surface area (Å²) in [6.45, 7) is 2.10. The van der Waals surface area contributed by atoms with Gasteiger partial charge in [0.1, 0.15) is 5.82 Å². The minimum absolute atomic E-state index is 0.139. The maximum Gasteiger partial charge on any atom is 0.110 e. The first kappa shape index (κ1) is 11.3. The molecule has 0 aliphatic rings. The SMILES string of the molecule is Cc1ccc(C(Cc2nccn2C)NN)s1. The Labute approximate surface area is 99.1 Å². The molecule has 2 aromatic heterocycles. The molecular formula is C11H16N4S. The van der Waals surface area contributed by atoms with Crippen molar-refractivity contribution in [3.8, 4) is 0 Å². The van der Waals surface area contributed by atoms with Gasteiger partial charge in [-0.2, -0.15) is 0 Å². The number of aromatic nitrogens is 2. The molecule has 0 aliphatic carbocycles. The van der Waals surface area contributed by atoms with Gasteiger partial charge in [-0.1, -0.05) is 0 Å². The molecule has 4 nitrogen and oxygen atoms in total. The smallest absolute Gasteiger partial charge is 0.110 e. The van der Waals surface area contributed by atoms with E-state index < -0.39 is 0 Å². The van der Waals surface area contributed by atoms with E-state index in [0.717, 1.165) is 12.2 Å². The molecule has 0 saturated carbocycles. The predicted octanol–water partition coefficient (Wildman–Crippen LogP) is 1.54. The minimum Gasteiger partial charge on any atom is -0.338 e. The zero-order chi connectivity index (χ0) is 11.5. The fourth-order valence-electron chi connectivity index (χ4n) is 1.66. The molecule has 0 fully saturated rings. The average Bonchev–Trinajstić information content (AvgIpc) is 2.85. The second-order valence-corrected chi connectivity index (χ2v) is 5.15. The number of nitrogens with zero attached hydrogens (tertiary/aromatic N) is 2. The van der Waals surface area contributed by atoms with E-state index in [1.807, 2.05) is 24.0 Å². The van der Waals surface area contributed by atoms with Gasteiger partial charge in [0, 0.05) is 35.6 Å². The van der Waals surface area contributed by atoms with Crippen LogP contribution in [0.3, 0.4) is 0 Å². The first-order valence-electron chi connectivity index (χ1n) is 5.19. The Morgan fingerprint density at radius 2 is 2.38 bits per heavy atom. The van der Waals surface area contributed by atoms with Crippen LogP contribution in [-0.4, -0.2) is 9.55 Å². The Morgan fingerprint density at radius 1 is 1.56 bits per heavy atom. The highest BCUT2D eigenvalue weighted by atomic mass is 32.1. The molecule has 1 atom stereocenters. The topological polar surface area (TPSA) is 55.9 Å². The highest BCUT2D eigenvalue weighted by molar-refractivity contribution is 7.12. The third-order valence-corrected chi connectivity index (χ3v) is 3.73. The van der Waals surface area contributed by atoms with Crippen LogP contribution in [0, 0.1) is 6.92 Å². The normalized spacial score (nSPS) is 12.9. The van der Waals surface area contributed by atoms with Gasteiger partial charge in [0.2, 0.25) is 0 Å². The van der Waals surface area contributed by atoms with Crippen LogP contribution in [0.25, 0.3) is 0 Å². The molecule has 2 rings (SSSR count). The summed E-state index contributed by atoms with van der Waals surface area (Å²) in [5.41, 5.74) is 2.85. The molecule has 2 aromatic rings. The first-order chi connectivity index (χ1) is 7.70. The van der Waals surface area contributed by atoms with Crippen LogP contribution >= 0.6 is 11.3 Å². The van der Waals surface area contributed by atoms with Gasteiger partial charge in [-0.25, -0.2) is 4.98 Å². The van der Waals surface area contributed by atoms with Gasteiger partial charge in [0.15, 0.2) is 0 Å². The Morgan fingerprint density at radius 3 is 2.88 bits per heavy atom. The number of hydrogen-bond acceptors (Lipinski definition) is 4. The van der Waals surface area contributed by atoms with Crippen LogP contribution in [0.5, 0.6) is 0 Å². The molecule has 5 heteroatoms. The van der Waals surface area contributed by atoms with Gasteiger partial charge >= 0.3 is 0 Å². The number of aryl methyl sites for hydroxylation is 2. The molecule has 0 bridgehead atoms. The highest BCUT2D eigenvalue weighted by Crippen LogP contribution is 2.24. The van der Waals surface area contributed by atoms with Crippen molar-refractivity contribution in [2.45, 2.75) is 19.4 Å². The summed E-state index contributed by atoms with van der Waals surface area (Å²) >= 11 is 1.77. The lowest BCUT2D eigenvalue weighted by Gasteiger charge is -2.13. The predicted molar refractivity (Wildman–Crippen MR) is 66.0 cm³/mol. The molecule has 0 radical (unpaired) electrons. The molecule has 16 heavy (non-hydrogen) atoms. The molecular weight excluding hydrogens is 220 g/mol. The van der Waals surface area contributed by atoms with Crippen molar-refractivity contribution in [2.24, 2.45) is 12.9 Å². The molecule has 3 N–H and O–H groups in total. The summed E-state index contributed by atoms with van der Waals surface area (Å²) in [5.74, 6) is 6.64. The molecule has 0 spiro atoms. The Hall–Kier alpha value is -1.17. The van der Waals surface area contributed by atoms with Crippen LogP contribution in [0.1, 0.15) is 21.6 Å². The van der Waals surface area contributed by atoms with E-state index in [4.69, 9.17) is 5.84 Å². The minimum atomic E-state index is 0.139. The summed E-state index contributed by atoms with van der Waals surface area (Å²) in [5, 5.41) is 0. The van der Waals surface area contributed by atoms with Gasteiger partial charge < -0.3 is 4.57 Å². The monoisotopic (exact) mass is 236 g/mol. The Kier molecular flexibility index (Phi) is 3.38. The average molecular weight is 236 g/mol. The zero-order valence-electron chi connectivity index (χ0n) is 9.47. The summed E-state index contributed by atoms with van der Waals surface area (Å²) in [6, 6.07) is 4.37. The van der Waals surface area contributed by atoms with Gasteiger partial charge in [0.05, 0.1) is 6.04 Å². The molecule has 0 amide bonds. The quantitative estimate of drug-likeness (QED) is 0.625. The maximum atomic E-state index is 5.60. The Bertz CT molecular complexity index is 460. The standard InChI is InChI=1S/C11H16N4S/c1-8-3-4-10(16-8)9(14-12)7-11-13-5-6-15(11)2/h3-6,9,14H,7,12H2,1-2H3. The van der Waals surface area contributed by atoms with Crippen LogP contribution in [-0.2, 0) is 13.5 Å². The van der Waals surface area contributed by atoms with E-state index in [-0.39, 0.29) is 6.04 Å². The fraction of sp³-hybridized carbons (Fsp3) is 0.364. The number of rotatable bonds is 4. The molecule has 86 valence electrons. The van der Waals surface area contributed by atoms with Crippen molar-refractivity contribution in [3.63, 3.8) is 0 Å². The van der Waals surface area contributed by atoms with Crippen molar-refractivity contribution < 1.29 is 0 Å². The van der Waals surface area contributed by atoms with Gasteiger partial charge in [0.25, 0.3) is 0 Å². The van der Waals surface area contributed by atoms with Crippen LogP contribution in [0.4, 0.5) is 0 Å². The molecule has 0 aliphatic heterocycles. The molecule has 0 saturated heterocycles. The maximum absolute atomic E-state index is 5.60. The van der Waals surface area contributed by atoms with E-state index in [1.54, 1.807) is 11.3 Å². The van der Waals surface area contributed by atoms with E-state index in [2.05, 4.69) is 29.5 Å². The second kappa shape index (κ2) is 4.78. The number of nitrogens with one attached hydrogen (secondary N) is 1. The summed E-state index contributed by atoms with van der Waals surface area (Å²) < 4.78 is 2.02. The van der Waals surface area contributed by atoms with Crippen molar-refractivity contribution >= 4 is 11.3 Å². The molecule has 0 aromatic carbocycles. The van der Waals surface area contributed by atoms with E-state index in [0.29, 0.717) is 0 Å². The number of nitrogens with two attached hydrogens (primary N) is 1. The van der Waals surface area contributed by atoms with E-state index in [9.17, 15) is 0 Å². The first-order valence-corrected chi connectivity index (χ1v) is 6.01. The molecule has 1 unspecified atom stereocenters.